The highest BCUT2D eigenvalue weighted by atomic mass is 32.1. The Labute approximate surface area is 137 Å². The Morgan fingerprint density at radius 3 is 3.00 bits per heavy atom. The maximum Gasteiger partial charge on any atom is 0.234 e. The van der Waals surface area contributed by atoms with Crippen molar-refractivity contribution in [1.82, 2.24) is 19.8 Å². The van der Waals surface area contributed by atoms with Crippen LogP contribution in [0.2, 0.25) is 0 Å². The van der Waals surface area contributed by atoms with Gasteiger partial charge in [-0.05, 0) is 26.0 Å². The highest BCUT2D eigenvalue weighted by Crippen LogP contribution is 2.25. The molecule has 1 N–H and O–H groups in total. The summed E-state index contributed by atoms with van der Waals surface area (Å²) >= 11 is 1.44. The number of amides is 1. The van der Waals surface area contributed by atoms with Crippen LogP contribution in [-0.4, -0.2) is 31.8 Å². The third-order valence-corrected chi connectivity index (χ3v) is 3.99. The SMILES string of the molecule is CC(C)Oc1ccccc1NC(=O)CCc1nn2cnnc2s1. The van der Waals surface area contributed by atoms with E-state index in [1.807, 2.05) is 38.1 Å². The molecule has 0 fully saturated rings. The van der Waals surface area contributed by atoms with Crippen LogP contribution < -0.4 is 10.1 Å². The van der Waals surface area contributed by atoms with E-state index in [0.717, 1.165) is 9.97 Å². The van der Waals surface area contributed by atoms with E-state index in [-0.39, 0.29) is 12.0 Å². The number of rotatable bonds is 6. The number of nitrogens with zero attached hydrogens (tertiary/aromatic N) is 4. The number of ether oxygens (including phenoxy) is 1. The van der Waals surface area contributed by atoms with Gasteiger partial charge in [-0.15, -0.1) is 10.2 Å². The number of anilines is 1. The second-order valence-electron chi connectivity index (χ2n) is 5.26. The van der Waals surface area contributed by atoms with Crippen LogP contribution >= 0.6 is 11.3 Å². The van der Waals surface area contributed by atoms with Gasteiger partial charge in [0.2, 0.25) is 10.9 Å². The van der Waals surface area contributed by atoms with Gasteiger partial charge in [0.25, 0.3) is 0 Å². The summed E-state index contributed by atoms with van der Waals surface area (Å²) in [6.45, 7) is 3.90. The highest BCUT2D eigenvalue weighted by molar-refractivity contribution is 7.16. The Morgan fingerprint density at radius 1 is 1.39 bits per heavy atom. The highest BCUT2D eigenvalue weighted by Gasteiger charge is 2.11. The van der Waals surface area contributed by atoms with E-state index in [2.05, 4.69) is 20.6 Å². The number of hydrogen-bond donors (Lipinski definition) is 1. The number of hydrogen-bond acceptors (Lipinski definition) is 6. The number of aryl methyl sites for hydroxylation is 1. The first-order chi connectivity index (χ1) is 11.1. The van der Waals surface area contributed by atoms with Crippen LogP contribution in [0.4, 0.5) is 5.69 Å². The normalized spacial score (nSPS) is 11.1. The molecule has 0 bridgehead atoms. The Bertz CT molecular complexity index is 782. The fourth-order valence-corrected chi connectivity index (χ4v) is 2.87. The van der Waals surface area contributed by atoms with Crippen molar-refractivity contribution < 1.29 is 9.53 Å². The zero-order chi connectivity index (χ0) is 16.2. The lowest BCUT2D eigenvalue weighted by Crippen LogP contribution is -2.14. The van der Waals surface area contributed by atoms with Gasteiger partial charge in [0.05, 0.1) is 11.8 Å². The molecule has 0 aliphatic carbocycles. The minimum Gasteiger partial charge on any atom is -0.489 e. The second-order valence-corrected chi connectivity index (χ2v) is 6.31. The molecular weight excluding hydrogens is 314 g/mol. The van der Waals surface area contributed by atoms with Gasteiger partial charge in [-0.3, -0.25) is 4.79 Å². The predicted molar refractivity (Wildman–Crippen MR) is 87.8 cm³/mol. The molecule has 0 radical (unpaired) electrons. The molecule has 7 nitrogen and oxygen atoms in total. The standard InChI is InChI=1S/C15H17N5O2S/c1-10(2)22-12-6-4-3-5-11(12)17-13(21)7-8-14-19-20-9-16-18-15(20)23-14/h3-6,9-10H,7-8H2,1-2H3,(H,17,21). The van der Waals surface area contributed by atoms with E-state index in [9.17, 15) is 4.79 Å². The van der Waals surface area contributed by atoms with E-state index in [4.69, 9.17) is 4.74 Å². The molecule has 2 aromatic heterocycles. The zero-order valence-electron chi connectivity index (χ0n) is 12.9. The number of carbonyl (C=O) groups is 1. The Hall–Kier alpha value is -2.48. The summed E-state index contributed by atoms with van der Waals surface area (Å²) in [5, 5.41) is 15.7. The molecule has 23 heavy (non-hydrogen) atoms. The van der Waals surface area contributed by atoms with Crippen molar-refractivity contribution >= 4 is 27.9 Å². The predicted octanol–water partition coefficient (Wildman–Crippen LogP) is 2.54. The van der Waals surface area contributed by atoms with Gasteiger partial charge in [0.15, 0.2) is 0 Å². The van der Waals surface area contributed by atoms with E-state index in [1.165, 1.54) is 11.3 Å². The molecule has 3 aromatic rings. The molecule has 0 aliphatic rings. The molecule has 0 saturated carbocycles. The van der Waals surface area contributed by atoms with Crippen LogP contribution in [0.1, 0.15) is 25.3 Å². The Morgan fingerprint density at radius 2 is 2.22 bits per heavy atom. The molecule has 1 amide bonds. The van der Waals surface area contributed by atoms with Crippen molar-refractivity contribution in [2.45, 2.75) is 32.8 Å². The first-order valence-electron chi connectivity index (χ1n) is 7.33. The van der Waals surface area contributed by atoms with Crippen LogP contribution in [0.3, 0.4) is 0 Å². The zero-order valence-corrected chi connectivity index (χ0v) is 13.7. The molecule has 3 rings (SSSR count). The molecule has 2 heterocycles. The van der Waals surface area contributed by atoms with Gasteiger partial charge in [0.1, 0.15) is 17.1 Å². The van der Waals surface area contributed by atoms with Crippen molar-refractivity contribution in [3.63, 3.8) is 0 Å². The smallest absolute Gasteiger partial charge is 0.234 e. The van der Waals surface area contributed by atoms with Crippen molar-refractivity contribution in [3.8, 4) is 5.75 Å². The number of fused-ring (bicyclic) bond motifs is 1. The molecule has 0 aliphatic heterocycles. The van der Waals surface area contributed by atoms with Gasteiger partial charge in [-0.1, -0.05) is 23.5 Å². The summed E-state index contributed by atoms with van der Waals surface area (Å²) in [7, 11) is 0. The number of para-hydroxylation sites is 2. The molecular formula is C15H17N5O2S. The molecule has 0 atom stereocenters. The summed E-state index contributed by atoms with van der Waals surface area (Å²) in [6.07, 6.45) is 2.51. The molecule has 8 heteroatoms. The summed E-state index contributed by atoms with van der Waals surface area (Å²) in [5.74, 6) is 0.602. The Kier molecular flexibility index (Phi) is 4.52. The Balaban J connectivity index is 1.60. The summed E-state index contributed by atoms with van der Waals surface area (Å²) < 4.78 is 7.31. The molecule has 0 unspecified atom stereocenters. The lowest BCUT2D eigenvalue weighted by molar-refractivity contribution is -0.116. The summed E-state index contributed by atoms with van der Waals surface area (Å²) in [6, 6.07) is 7.43. The maximum absolute atomic E-state index is 12.2. The van der Waals surface area contributed by atoms with Crippen LogP contribution in [0.5, 0.6) is 5.75 Å². The number of aromatic nitrogens is 4. The lowest BCUT2D eigenvalue weighted by atomic mass is 10.2. The van der Waals surface area contributed by atoms with Gasteiger partial charge < -0.3 is 10.1 Å². The van der Waals surface area contributed by atoms with Gasteiger partial charge >= 0.3 is 0 Å². The van der Waals surface area contributed by atoms with Crippen LogP contribution in [0.25, 0.3) is 4.96 Å². The monoisotopic (exact) mass is 331 g/mol. The van der Waals surface area contributed by atoms with Crippen molar-refractivity contribution in [1.29, 1.82) is 0 Å². The average Bonchev–Trinajstić information content (AvgIpc) is 3.08. The van der Waals surface area contributed by atoms with Gasteiger partial charge in [-0.25, -0.2) is 0 Å². The number of carbonyl (C=O) groups excluding carboxylic acids is 1. The average molecular weight is 331 g/mol. The van der Waals surface area contributed by atoms with Crippen LogP contribution in [0, 0.1) is 0 Å². The molecule has 0 saturated heterocycles. The number of benzene rings is 1. The summed E-state index contributed by atoms with van der Waals surface area (Å²) in [5.41, 5.74) is 0.685. The van der Waals surface area contributed by atoms with Crippen LogP contribution in [0.15, 0.2) is 30.6 Å². The quantitative estimate of drug-likeness (QED) is 0.750. The number of nitrogens with one attached hydrogen (secondary N) is 1. The maximum atomic E-state index is 12.2. The van der Waals surface area contributed by atoms with E-state index < -0.39 is 0 Å². The van der Waals surface area contributed by atoms with E-state index >= 15 is 0 Å². The van der Waals surface area contributed by atoms with E-state index in [0.29, 0.717) is 24.3 Å². The van der Waals surface area contributed by atoms with Crippen molar-refractivity contribution in [2.75, 3.05) is 5.32 Å². The first-order valence-corrected chi connectivity index (χ1v) is 8.15. The second kappa shape index (κ2) is 6.74. The molecule has 0 spiro atoms. The van der Waals surface area contributed by atoms with E-state index in [1.54, 1.807) is 10.8 Å². The largest absolute Gasteiger partial charge is 0.489 e. The minimum absolute atomic E-state index is 0.0493. The third-order valence-electron chi connectivity index (χ3n) is 3.02. The third kappa shape index (κ3) is 3.84. The fourth-order valence-electron chi connectivity index (χ4n) is 2.06. The topological polar surface area (TPSA) is 81.4 Å². The fraction of sp³-hybridized carbons (Fsp3) is 0.333. The van der Waals surface area contributed by atoms with Crippen molar-refractivity contribution in [3.05, 3.63) is 35.6 Å². The summed E-state index contributed by atoms with van der Waals surface area (Å²) in [4.78, 5) is 12.9. The molecule has 120 valence electrons. The van der Waals surface area contributed by atoms with Gasteiger partial charge in [-0.2, -0.15) is 9.61 Å². The molecule has 1 aromatic carbocycles. The lowest BCUT2D eigenvalue weighted by Gasteiger charge is -2.14. The first kappa shape index (κ1) is 15.4. The minimum atomic E-state index is -0.0734. The van der Waals surface area contributed by atoms with Crippen molar-refractivity contribution in [2.24, 2.45) is 0 Å². The van der Waals surface area contributed by atoms with Gasteiger partial charge in [0, 0.05) is 12.8 Å². The van der Waals surface area contributed by atoms with Crippen LogP contribution in [-0.2, 0) is 11.2 Å².